The van der Waals surface area contributed by atoms with Gasteiger partial charge >= 0.3 is 0 Å². The molecule has 0 atom stereocenters. The molecule has 2 aromatic heterocycles. The Labute approximate surface area is 203 Å². The smallest absolute Gasteiger partial charge is 0.248 e. The molecule has 2 heterocycles. The molecular formula is C25H15Cl2FN4O2. The quantitative estimate of drug-likeness (QED) is 0.274. The van der Waals surface area contributed by atoms with E-state index >= 15 is 0 Å². The van der Waals surface area contributed by atoms with Crippen LogP contribution < -0.4 is 5.32 Å². The number of anilines is 1. The van der Waals surface area contributed by atoms with Gasteiger partial charge in [0, 0.05) is 17.3 Å². The van der Waals surface area contributed by atoms with Gasteiger partial charge in [0.25, 0.3) is 0 Å². The molecule has 1 N–H and O–H groups in total. The topological polar surface area (TPSA) is 73.0 Å². The third-order valence-electron chi connectivity index (χ3n) is 4.95. The van der Waals surface area contributed by atoms with Crippen molar-refractivity contribution in [2.24, 2.45) is 0 Å². The average Bonchev–Trinajstić information content (AvgIpc) is 3.47. The number of aromatic nitrogens is 3. The van der Waals surface area contributed by atoms with Crippen molar-refractivity contribution < 1.29 is 13.6 Å². The number of nitrogens with one attached hydrogen (secondary N) is 1. The SMILES string of the molecule is O=C(/C=C/c1ccc(-c2cccc(Cl)c2Cl)o1)Nc1ccc2nn(-c3ccc(F)cc3)nc2c1. The van der Waals surface area contributed by atoms with Gasteiger partial charge in [-0.25, -0.2) is 4.39 Å². The van der Waals surface area contributed by atoms with Crippen molar-refractivity contribution in [3.63, 3.8) is 0 Å². The van der Waals surface area contributed by atoms with Crippen molar-refractivity contribution in [2.45, 2.75) is 0 Å². The van der Waals surface area contributed by atoms with Crippen LogP contribution in [0.3, 0.4) is 0 Å². The second-order valence-electron chi connectivity index (χ2n) is 7.30. The first kappa shape index (κ1) is 21.9. The first-order valence-corrected chi connectivity index (χ1v) is 10.9. The first-order valence-electron chi connectivity index (χ1n) is 10.1. The van der Waals surface area contributed by atoms with E-state index in [2.05, 4.69) is 15.5 Å². The Kier molecular flexibility index (Phi) is 5.88. The predicted octanol–water partition coefficient (Wildman–Crippen LogP) is 6.78. The Morgan fingerprint density at radius 2 is 1.76 bits per heavy atom. The molecule has 34 heavy (non-hydrogen) atoms. The van der Waals surface area contributed by atoms with Crippen molar-refractivity contribution in [2.75, 3.05) is 5.32 Å². The number of nitrogens with zero attached hydrogens (tertiary/aromatic N) is 3. The Bertz CT molecular complexity index is 1540. The van der Waals surface area contributed by atoms with Crippen molar-refractivity contribution in [3.8, 4) is 17.0 Å². The van der Waals surface area contributed by atoms with Crippen LogP contribution in [0.1, 0.15) is 5.76 Å². The Balaban J connectivity index is 1.29. The minimum Gasteiger partial charge on any atom is -0.457 e. The number of amides is 1. The number of carbonyl (C=O) groups is 1. The number of rotatable bonds is 5. The van der Waals surface area contributed by atoms with Gasteiger partial charge in [0.15, 0.2) is 0 Å². The van der Waals surface area contributed by atoms with Crippen LogP contribution in [0.4, 0.5) is 10.1 Å². The van der Waals surface area contributed by atoms with Crippen LogP contribution in [0.25, 0.3) is 34.1 Å². The van der Waals surface area contributed by atoms with Gasteiger partial charge in [-0.05, 0) is 72.8 Å². The Morgan fingerprint density at radius 3 is 2.59 bits per heavy atom. The zero-order chi connectivity index (χ0) is 23.7. The van der Waals surface area contributed by atoms with Gasteiger partial charge in [-0.15, -0.1) is 10.2 Å². The summed E-state index contributed by atoms with van der Waals surface area (Å²) in [4.78, 5) is 13.8. The summed E-state index contributed by atoms with van der Waals surface area (Å²) in [5, 5.41) is 12.4. The fraction of sp³-hybridized carbons (Fsp3) is 0. The van der Waals surface area contributed by atoms with Gasteiger partial charge in [0.05, 0.1) is 15.7 Å². The van der Waals surface area contributed by atoms with Gasteiger partial charge in [0.1, 0.15) is 28.4 Å². The summed E-state index contributed by atoms with van der Waals surface area (Å²) in [5.41, 5.74) is 3.07. The van der Waals surface area contributed by atoms with Crippen LogP contribution in [0.5, 0.6) is 0 Å². The molecule has 0 aliphatic rings. The van der Waals surface area contributed by atoms with Gasteiger partial charge in [-0.1, -0.05) is 29.3 Å². The summed E-state index contributed by atoms with van der Waals surface area (Å²) in [6.45, 7) is 0. The molecule has 0 fully saturated rings. The lowest BCUT2D eigenvalue weighted by Gasteiger charge is -2.02. The summed E-state index contributed by atoms with van der Waals surface area (Å²) < 4.78 is 18.9. The van der Waals surface area contributed by atoms with Gasteiger partial charge < -0.3 is 9.73 Å². The zero-order valence-electron chi connectivity index (χ0n) is 17.4. The maximum Gasteiger partial charge on any atom is 0.248 e. The Morgan fingerprint density at radius 1 is 0.971 bits per heavy atom. The highest BCUT2D eigenvalue weighted by molar-refractivity contribution is 6.43. The lowest BCUT2D eigenvalue weighted by molar-refractivity contribution is -0.111. The fourth-order valence-electron chi connectivity index (χ4n) is 3.31. The highest BCUT2D eigenvalue weighted by atomic mass is 35.5. The number of hydrogen-bond acceptors (Lipinski definition) is 4. The standard InChI is InChI=1S/C25H15Cl2FN4O2/c26-20-3-1-2-19(25(20)27)23-12-9-18(34-23)10-13-24(33)29-16-6-11-21-22(14-16)31-32(30-21)17-7-4-15(28)5-8-17/h1-14H,(H,29,33)/b13-10+. The molecule has 0 aliphatic heterocycles. The normalized spacial score (nSPS) is 11.4. The molecule has 0 saturated heterocycles. The summed E-state index contributed by atoms with van der Waals surface area (Å²) in [6.07, 6.45) is 2.92. The monoisotopic (exact) mass is 492 g/mol. The second-order valence-corrected chi connectivity index (χ2v) is 8.08. The number of fused-ring (bicyclic) bond motifs is 1. The third-order valence-corrected chi connectivity index (χ3v) is 5.77. The molecule has 0 saturated carbocycles. The van der Waals surface area contributed by atoms with E-state index in [1.807, 2.05) is 0 Å². The van der Waals surface area contributed by atoms with E-state index in [9.17, 15) is 9.18 Å². The van der Waals surface area contributed by atoms with Crippen molar-refractivity contribution >= 4 is 51.9 Å². The van der Waals surface area contributed by atoms with Crippen LogP contribution in [-0.2, 0) is 4.79 Å². The van der Waals surface area contributed by atoms with E-state index in [1.54, 1.807) is 66.7 Å². The number of halogens is 3. The van der Waals surface area contributed by atoms with Gasteiger partial charge in [0.2, 0.25) is 5.91 Å². The molecular weight excluding hydrogens is 478 g/mol. The van der Waals surface area contributed by atoms with Crippen LogP contribution >= 0.6 is 23.2 Å². The molecule has 6 nitrogen and oxygen atoms in total. The molecule has 5 rings (SSSR count). The highest BCUT2D eigenvalue weighted by Crippen LogP contribution is 2.34. The van der Waals surface area contributed by atoms with Crippen LogP contribution in [0.15, 0.2) is 83.3 Å². The second kappa shape index (κ2) is 9.13. The molecule has 9 heteroatoms. The number of hydrogen-bond donors (Lipinski definition) is 1. The zero-order valence-corrected chi connectivity index (χ0v) is 18.9. The van der Waals surface area contributed by atoms with Crippen LogP contribution in [-0.4, -0.2) is 20.9 Å². The van der Waals surface area contributed by atoms with E-state index in [0.29, 0.717) is 49.5 Å². The predicted molar refractivity (Wildman–Crippen MR) is 131 cm³/mol. The number of carbonyl (C=O) groups excluding carboxylic acids is 1. The maximum absolute atomic E-state index is 13.2. The lowest BCUT2D eigenvalue weighted by Crippen LogP contribution is -2.07. The molecule has 0 bridgehead atoms. The van der Waals surface area contributed by atoms with Gasteiger partial charge in [-0.2, -0.15) is 4.80 Å². The van der Waals surface area contributed by atoms with Crippen molar-refractivity contribution in [3.05, 3.63) is 100 Å². The molecule has 0 radical (unpaired) electrons. The lowest BCUT2D eigenvalue weighted by atomic mass is 10.2. The number of benzene rings is 3. The van der Waals surface area contributed by atoms with Crippen LogP contribution in [0, 0.1) is 5.82 Å². The molecule has 0 unspecified atom stereocenters. The molecule has 0 spiro atoms. The van der Waals surface area contributed by atoms with Crippen molar-refractivity contribution in [1.29, 1.82) is 0 Å². The van der Waals surface area contributed by atoms with E-state index in [-0.39, 0.29) is 11.7 Å². The first-order chi connectivity index (χ1) is 16.5. The molecule has 168 valence electrons. The molecule has 5 aromatic rings. The molecule has 0 aliphatic carbocycles. The van der Waals surface area contributed by atoms with E-state index in [0.717, 1.165) is 0 Å². The summed E-state index contributed by atoms with van der Waals surface area (Å²) >= 11 is 12.3. The van der Waals surface area contributed by atoms with Gasteiger partial charge in [-0.3, -0.25) is 4.79 Å². The van der Waals surface area contributed by atoms with Crippen molar-refractivity contribution in [1.82, 2.24) is 15.0 Å². The summed E-state index contributed by atoms with van der Waals surface area (Å²) in [6, 6.07) is 19.8. The third kappa shape index (κ3) is 4.57. The number of furan rings is 1. The van der Waals surface area contributed by atoms with E-state index in [1.165, 1.54) is 23.0 Å². The molecule has 1 amide bonds. The summed E-state index contributed by atoms with van der Waals surface area (Å²) in [5.74, 6) is 0.350. The minimum absolute atomic E-state index is 0.336. The Hall–Kier alpha value is -3.94. The van der Waals surface area contributed by atoms with E-state index < -0.39 is 0 Å². The maximum atomic E-state index is 13.2. The highest BCUT2D eigenvalue weighted by Gasteiger charge is 2.11. The molecule has 3 aromatic carbocycles. The fourth-order valence-corrected chi connectivity index (χ4v) is 3.70. The average molecular weight is 493 g/mol. The van der Waals surface area contributed by atoms with E-state index in [4.69, 9.17) is 27.6 Å². The van der Waals surface area contributed by atoms with Crippen LogP contribution in [0.2, 0.25) is 10.0 Å². The minimum atomic E-state index is -0.344. The summed E-state index contributed by atoms with van der Waals surface area (Å²) in [7, 11) is 0. The largest absolute Gasteiger partial charge is 0.457 e.